The first kappa shape index (κ1) is 13.1. The van der Waals surface area contributed by atoms with E-state index < -0.39 is 8.56 Å². The van der Waals surface area contributed by atoms with Gasteiger partial charge in [0.1, 0.15) is 0 Å². The van der Waals surface area contributed by atoms with Crippen LogP contribution < -0.4 is 11.5 Å². The maximum Gasteiger partial charge on any atom is 0.341 e. The van der Waals surface area contributed by atoms with Crippen molar-refractivity contribution in [2.45, 2.75) is 50.9 Å². The van der Waals surface area contributed by atoms with Crippen molar-refractivity contribution in [2.75, 3.05) is 13.2 Å². The molecule has 0 aromatic carbocycles. The zero-order valence-corrected chi connectivity index (χ0v) is 11.1. The predicted octanol–water partition coefficient (Wildman–Crippen LogP) is 1.30. The minimum atomic E-state index is -2.09. The molecular weight excluding hydrogens is 208 g/mol. The molecule has 4 nitrogen and oxygen atoms in total. The van der Waals surface area contributed by atoms with Gasteiger partial charge >= 0.3 is 8.56 Å². The lowest BCUT2D eigenvalue weighted by Crippen LogP contribution is -2.48. The summed E-state index contributed by atoms with van der Waals surface area (Å²) in [5, 5.41) is 0.174. The van der Waals surface area contributed by atoms with Gasteiger partial charge in [-0.05, 0) is 39.7 Å². The van der Waals surface area contributed by atoms with Crippen molar-refractivity contribution in [3.63, 3.8) is 0 Å². The number of nitrogens with two attached hydrogens (primary N) is 2. The second-order valence-electron chi connectivity index (χ2n) is 4.46. The monoisotopic (exact) mass is 232 g/mol. The van der Waals surface area contributed by atoms with Crippen LogP contribution in [0.4, 0.5) is 0 Å². The predicted molar refractivity (Wildman–Crippen MR) is 63.6 cm³/mol. The normalized spacial score (nSPS) is 19.6. The molecule has 1 aliphatic carbocycles. The molecule has 1 fully saturated rings. The van der Waals surface area contributed by atoms with Crippen LogP contribution in [0.1, 0.15) is 33.1 Å². The van der Waals surface area contributed by atoms with Crippen LogP contribution in [0.25, 0.3) is 0 Å². The Hall–Kier alpha value is 0.0569. The van der Waals surface area contributed by atoms with E-state index in [-0.39, 0.29) is 11.2 Å². The van der Waals surface area contributed by atoms with Gasteiger partial charge in [0.2, 0.25) is 0 Å². The van der Waals surface area contributed by atoms with Crippen LogP contribution in [0, 0.1) is 0 Å². The average Bonchev–Trinajstić information content (AvgIpc) is 2.85. The molecule has 0 spiro atoms. The molecular formula is C10H24N2O2Si. The van der Waals surface area contributed by atoms with Crippen LogP contribution in [0.5, 0.6) is 0 Å². The lowest BCUT2D eigenvalue weighted by molar-refractivity contribution is 0.171. The fourth-order valence-electron chi connectivity index (χ4n) is 2.34. The van der Waals surface area contributed by atoms with Crippen LogP contribution in [0.2, 0.25) is 11.6 Å². The third kappa shape index (κ3) is 2.79. The van der Waals surface area contributed by atoms with E-state index >= 15 is 0 Å². The van der Waals surface area contributed by atoms with E-state index in [4.69, 9.17) is 20.3 Å². The summed E-state index contributed by atoms with van der Waals surface area (Å²) < 4.78 is 11.8. The molecule has 0 radical (unpaired) electrons. The van der Waals surface area contributed by atoms with Crippen molar-refractivity contribution >= 4 is 8.56 Å². The maximum absolute atomic E-state index is 5.90. The van der Waals surface area contributed by atoms with E-state index in [1.807, 2.05) is 13.8 Å². The summed E-state index contributed by atoms with van der Waals surface area (Å²) in [7, 11) is -2.09. The Balaban J connectivity index is 2.69. The molecule has 15 heavy (non-hydrogen) atoms. The van der Waals surface area contributed by atoms with Gasteiger partial charge in [-0.3, -0.25) is 0 Å². The highest BCUT2D eigenvalue weighted by molar-refractivity contribution is 6.70. The second kappa shape index (κ2) is 4.93. The SMILES string of the molecule is CCO[Si](C)(OCC)C1(CC(N)N)CC1. The molecule has 0 saturated heterocycles. The first-order chi connectivity index (χ1) is 6.99. The van der Waals surface area contributed by atoms with E-state index in [2.05, 4.69) is 6.55 Å². The molecule has 90 valence electrons. The topological polar surface area (TPSA) is 70.5 Å². The molecule has 0 bridgehead atoms. The molecule has 5 heteroatoms. The molecule has 0 amide bonds. The van der Waals surface area contributed by atoms with E-state index in [1.54, 1.807) is 0 Å². The molecule has 0 aliphatic heterocycles. The summed E-state index contributed by atoms with van der Waals surface area (Å²) in [6.07, 6.45) is 2.89. The zero-order chi connectivity index (χ0) is 11.5. The van der Waals surface area contributed by atoms with Crippen molar-refractivity contribution in [2.24, 2.45) is 11.5 Å². The van der Waals surface area contributed by atoms with Crippen LogP contribution in [-0.2, 0) is 8.85 Å². The minimum Gasteiger partial charge on any atom is -0.394 e. The first-order valence-corrected chi connectivity index (χ1v) is 8.10. The molecule has 0 heterocycles. The summed E-state index contributed by atoms with van der Waals surface area (Å²) >= 11 is 0. The Kier molecular flexibility index (Phi) is 4.31. The zero-order valence-electron chi connectivity index (χ0n) is 10.1. The Morgan fingerprint density at radius 1 is 1.20 bits per heavy atom. The van der Waals surface area contributed by atoms with Gasteiger partial charge in [0.05, 0.1) is 6.17 Å². The fraction of sp³-hybridized carbons (Fsp3) is 1.00. The fourth-order valence-corrected chi connectivity index (χ4v) is 5.78. The van der Waals surface area contributed by atoms with Gasteiger partial charge in [0, 0.05) is 18.3 Å². The second-order valence-corrected chi connectivity index (χ2v) is 7.99. The Labute approximate surface area is 93.6 Å². The summed E-state index contributed by atoms with van der Waals surface area (Å²) in [5.41, 5.74) is 11.4. The van der Waals surface area contributed by atoms with Crippen molar-refractivity contribution < 1.29 is 8.85 Å². The standard InChI is InChI=1S/C10H24N2O2Si/c1-4-13-15(3,14-5-2)10(6-7-10)8-9(11)12/h9H,4-8,11-12H2,1-3H3. The third-order valence-electron chi connectivity index (χ3n) is 3.28. The van der Waals surface area contributed by atoms with E-state index in [0.29, 0.717) is 13.2 Å². The van der Waals surface area contributed by atoms with Crippen molar-refractivity contribution in [1.29, 1.82) is 0 Å². The Morgan fingerprint density at radius 3 is 1.93 bits per heavy atom. The molecule has 0 aromatic rings. The third-order valence-corrected chi connectivity index (χ3v) is 7.59. The van der Waals surface area contributed by atoms with Crippen LogP contribution in [-0.4, -0.2) is 27.9 Å². The average molecular weight is 232 g/mol. The van der Waals surface area contributed by atoms with Gasteiger partial charge in [-0.15, -0.1) is 0 Å². The largest absolute Gasteiger partial charge is 0.394 e. The van der Waals surface area contributed by atoms with Gasteiger partial charge in [-0.1, -0.05) is 0 Å². The summed E-state index contributed by atoms with van der Waals surface area (Å²) in [6.45, 7) is 7.61. The molecule has 1 rings (SSSR count). The van der Waals surface area contributed by atoms with E-state index in [0.717, 1.165) is 19.3 Å². The van der Waals surface area contributed by atoms with Crippen molar-refractivity contribution in [3.8, 4) is 0 Å². The van der Waals surface area contributed by atoms with Gasteiger partial charge in [0.25, 0.3) is 0 Å². The first-order valence-electron chi connectivity index (χ1n) is 5.79. The highest BCUT2D eigenvalue weighted by Gasteiger charge is 2.62. The van der Waals surface area contributed by atoms with Crippen molar-refractivity contribution in [3.05, 3.63) is 0 Å². The summed E-state index contributed by atoms with van der Waals surface area (Å²) in [4.78, 5) is 0. The number of hydrogen-bond acceptors (Lipinski definition) is 4. The van der Waals surface area contributed by atoms with E-state index in [1.165, 1.54) is 0 Å². The minimum absolute atomic E-state index is 0.174. The maximum atomic E-state index is 5.90. The summed E-state index contributed by atoms with van der Waals surface area (Å²) in [5.74, 6) is 0. The molecule has 1 aliphatic rings. The number of hydrogen-bond donors (Lipinski definition) is 2. The molecule has 0 unspecified atom stereocenters. The Morgan fingerprint density at radius 2 is 1.67 bits per heavy atom. The molecule has 0 atom stereocenters. The smallest absolute Gasteiger partial charge is 0.341 e. The van der Waals surface area contributed by atoms with E-state index in [9.17, 15) is 0 Å². The lowest BCUT2D eigenvalue weighted by Gasteiger charge is -2.35. The summed E-state index contributed by atoms with van der Waals surface area (Å²) in [6, 6.07) is 0. The van der Waals surface area contributed by atoms with Gasteiger partial charge in [0.15, 0.2) is 0 Å². The van der Waals surface area contributed by atoms with Gasteiger partial charge < -0.3 is 20.3 Å². The van der Waals surface area contributed by atoms with Crippen molar-refractivity contribution in [1.82, 2.24) is 0 Å². The van der Waals surface area contributed by atoms with Gasteiger partial charge in [-0.25, -0.2) is 0 Å². The van der Waals surface area contributed by atoms with Crippen LogP contribution in [0.3, 0.4) is 0 Å². The number of rotatable bonds is 7. The quantitative estimate of drug-likeness (QED) is 0.513. The van der Waals surface area contributed by atoms with Crippen LogP contribution >= 0.6 is 0 Å². The highest BCUT2D eigenvalue weighted by Crippen LogP contribution is 2.63. The molecule has 4 N–H and O–H groups in total. The van der Waals surface area contributed by atoms with Gasteiger partial charge in [-0.2, -0.15) is 0 Å². The molecule has 1 saturated carbocycles. The molecule has 0 aromatic heterocycles. The lowest BCUT2D eigenvalue weighted by atomic mass is 10.2. The Bertz CT molecular complexity index is 202. The van der Waals surface area contributed by atoms with Crippen LogP contribution in [0.15, 0.2) is 0 Å². The highest BCUT2D eigenvalue weighted by atomic mass is 28.4.